The van der Waals surface area contributed by atoms with Gasteiger partial charge in [-0.15, -0.1) is 0 Å². The Kier molecular flexibility index (Phi) is 6.32. The van der Waals surface area contributed by atoms with E-state index in [1.807, 2.05) is 12.1 Å². The SMILES string of the molecule is COc1ccc(CN)cc1CN(C)C(C)CC(C)C. The van der Waals surface area contributed by atoms with Gasteiger partial charge in [-0.1, -0.05) is 19.9 Å². The second kappa shape index (κ2) is 7.51. The van der Waals surface area contributed by atoms with Crippen molar-refractivity contribution in [3.63, 3.8) is 0 Å². The van der Waals surface area contributed by atoms with E-state index in [0.29, 0.717) is 12.6 Å². The highest BCUT2D eigenvalue weighted by atomic mass is 16.5. The van der Waals surface area contributed by atoms with Crippen LogP contribution in [-0.4, -0.2) is 25.1 Å². The predicted molar refractivity (Wildman–Crippen MR) is 81.3 cm³/mol. The van der Waals surface area contributed by atoms with Gasteiger partial charge in [-0.05, 0) is 44.0 Å². The number of hydrogen-bond donors (Lipinski definition) is 1. The molecule has 0 aliphatic rings. The Morgan fingerprint density at radius 3 is 2.47 bits per heavy atom. The molecule has 19 heavy (non-hydrogen) atoms. The molecule has 1 aromatic rings. The lowest BCUT2D eigenvalue weighted by molar-refractivity contribution is 0.218. The maximum atomic E-state index is 5.71. The Morgan fingerprint density at radius 2 is 1.95 bits per heavy atom. The summed E-state index contributed by atoms with van der Waals surface area (Å²) in [6.07, 6.45) is 1.20. The Labute approximate surface area is 117 Å². The number of rotatable bonds is 7. The highest BCUT2D eigenvalue weighted by Gasteiger charge is 2.13. The molecule has 0 fully saturated rings. The van der Waals surface area contributed by atoms with Crippen molar-refractivity contribution < 1.29 is 4.74 Å². The fourth-order valence-electron chi connectivity index (χ4n) is 2.37. The van der Waals surface area contributed by atoms with Crippen molar-refractivity contribution in [3.05, 3.63) is 29.3 Å². The largest absolute Gasteiger partial charge is 0.496 e. The minimum atomic E-state index is 0.561. The van der Waals surface area contributed by atoms with Crippen molar-refractivity contribution in [2.24, 2.45) is 11.7 Å². The molecule has 0 saturated carbocycles. The molecule has 0 radical (unpaired) electrons. The fourth-order valence-corrected chi connectivity index (χ4v) is 2.37. The summed E-state index contributed by atoms with van der Waals surface area (Å²) >= 11 is 0. The number of ether oxygens (including phenoxy) is 1. The second-order valence-corrected chi connectivity index (χ2v) is 5.74. The van der Waals surface area contributed by atoms with E-state index in [2.05, 4.69) is 38.8 Å². The first-order valence-electron chi connectivity index (χ1n) is 7.04. The monoisotopic (exact) mass is 264 g/mol. The summed E-state index contributed by atoms with van der Waals surface area (Å²) in [5.41, 5.74) is 8.08. The van der Waals surface area contributed by atoms with Gasteiger partial charge in [0.25, 0.3) is 0 Å². The topological polar surface area (TPSA) is 38.5 Å². The minimum absolute atomic E-state index is 0.561. The summed E-state index contributed by atoms with van der Waals surface area (Å²) in [6.45, 7) is 8.27. The summed E-state index contributed by atoms with van der Waals surface area (Å²) in [7, 11) is 3.89. The molecule has 0 aromatic heterocycles. The van der Waals surface area contributed by atoms with Crippen LogP contribution in [0.3, 0.4) is 0 Å². The van der Waals surface area contributed by atoms with E-state index < -0.39 is 0 Å². The van der Waals surface area contributed by atoms with Crippen LogP contribution in [-0.2, 0) is 13.1 Å². The lowest BCUT2D eigenvalue weighted by atomic mass is 10.0. The summed E-state index contributed by atoms with van der Waals surface area (Å²) in [4.78, 5) is 2.37. The first-order chi connectivity index (χ1) is 8.97. The first kappa shape index (κ1) is 16.0. The van der Waals surface area contributed by atoms with Crippen LogP contribution >= 0.6 is 0 Å². The van der Waals surface area contributed by atoms with Crippen molar-refractivity contribution in [1.82, 2.24) is 4.90 Å². The smallest absolute Gasteiger partial charge is 0.123 e. The van der Waals surface area contributed by atoms with E-state index in [0.717, 1.165) is 23.8 Å². The van der Waals surface area contributed by atoms with E-state index in [9.17, 15) is 0 Å². The van der Waals surface area contributed by atoms with Gasteiger partial charge in [0, 0.05) is 24.7 Å². The standard InChI is InChI=1S/C16H28N2O/c1-12(2)8-13(3)18(4)11-15-9-14(10-17)6-7-16(15)19-5/h6-7,9,12-13H,8,10-11,17H2,1-5H3. The Balaban J connectivity index is 2.79. The molecule has 1 rings (SSSR count). The Hall–Kier alpha value is -1.06. The molecular formula is C16H28N2O. The molecule has 3 heteroatoms. The average molecular weight is 264 g/mol. The van der Waals surface area contributed by atoms with E-state index in [1.165, 1.54) is 12.0 Å². The van der Waals surface area contributed by atoms with Gasteiger partial charge >= 0.3 is 0 Å². The molecule has 0 spiro atoms. The quantitative estimate of drug-likeness (QED) is 0.822. The predicted octanol–water partition coefficient (Wildman–Crippen LogP) is 3.02. The maximum absolute atomic E-state index is 5.71. The third-order valence-electron chi connectivity index (χ3n) is 3.57. The zero-order valence-corrected chi connectivity index (χ0v) is 12.9. The minimum Gasteiger partial charge on any atom is -0.496 e. The van der Waals surface area contributed by atoms with Gasteiger partial charge in [0.05, 0.1) is 7.11 Å². The van der Waals surface area contributed by atoms with Crippen LogP contribution in [0.5, 0.6) is 5.75 Å². The van der Waals surface area contributed by atoms with Crippen molar-refractivity contribution in [2.45, 2.75) is 46.3 Å². The molecule has 0 bridgehead atoms. The van der Waals surface area contributed by atoms with Crippen molar-refractivity contribution in [2.75, 3.05) is 14.2 Å². The molecular weight excluding hydrogens is 236 g/mol. The van der Waals surface area contributed by atoms with Gasteiger partial charge in [0.1, 0.15) is 5.75 Å². The van der Waals surface area contributed by atoms with Crippen molar-refractivity contribution >= 4 is 0 Å². The molecule has 1 unspecified atom stereocenters. The Morgan fingerprint density at radius 1 is 1.26 bits per heavy atom. The Bertz CT molecular complexity index is 390. The van der Waals surface area contributed by atoms with Gasteiger partial charge in [0.15, 0.2) is 0 Å². The van der Waals surface area contributed by atoms with E-state index in [1.54, 1.807) is 7.11 Å². The molecule has 2 N–H and O–H groups in total. The third kappa shape index (κ3) is 4.84. The van der Waals surface area contributed by atoms with E-state index in [-0.39, 0.29) is 0 Å². The molecule has 0 aliphatic carbocycles. The van der Waals surface area contributed by atoms with E-state index in [4.69, 9.17) is 10.5 Å². The molecule has 0 aliphatic heterocycles. The van der Waals surface area contributed by atoms with Crippen LogP contribution in [0.4, 0.5) is 0 Å². The molecule has 108 valence electrons. The molecule has 3 nitrogen and oxygen atoms in total. The van der Waals surface area contributed by atoms with Crippen LogP contribution in [0.1, 0.15) is 38.3 Å². The number of benzene rings is 1. The van der Waals surface area contributed by atoms with Crippen LogP contribution in [0.15, 0.2) is 18.2 Å². The third-order valence-corrected chi connectivity index (χ3v) is 3.57. The zero-order chi connectivity index (χ0) is 14.4. The molecule has 0 saturated heterocycles. The number of nitrogens with two attached hydrogens (primary N) is 1. The summed E-state index contributed by atoms with van der Waals surface area (Å²) < 4.78 is 5.44. The maximum Gasteiger partial charge on any atom is 0.123 e. The fraction of sp³-hybridized carbons (Fsp3) is 0.625. The molecule has 1 aromatic carbocycles. The van der Waals surface area contributed by atoms with Gasteiger partial charge in [-0.25, -0.2) is 0 Å². The van der Waals surface area contributed by atoms with Gasteiger partial charge in [-0.3, -0.25) is 4.90 Å². The molecule has 0 amide bonds. The highest BCUT2D eigenvalue weighted by Crippen LogP contribution is 2.22. The van der Waals surface area contributed by atoms with E-state index >= 15 is 0 Å². The lowest BCUT2D eigenvalue weighted by Crippen LogP contribution is -2.30. The van der Waals surface area contributed by atoms with Crippen LogP contribution < -0.4 is 10.5 Å². The van der Waals surface area contributed by atoms with Gasteiger partial charge in [-0.2, -0.15) is 0 Å². The summed E-state index contributed by atoms with van der Waals surface area (Å²) in [5.74, 6) is 1.66. The van der Waals surface area contributed by atoms with Crippen LogP contribution in [0.25, 0.3) is 0 Å². The number of nitrogens with zero attached hydrogens (tertiary/aromatic N) is 1. The average Bonchev–Trinajstić information content (AvgIpc) is 2.37. The zero-order valence-electron chi connectivity index (χ0n) is 12.9. The molecule has 1 atom stereocenters. The molecule has 0 heterocycles. The number of hydrogen-bond acceptors (Lipinski definition) is 3. The summed E-state index contributed by atoms with van der Waals surface area (Å²) in [5, 5.41) is 0. The first-order valence-corrected chi connectivity index (χ1v) is 7.04. The van der Waals surface area contributed by atoms with Crippen molar-refractivity contribution in [1.29, 1.82) is 0 Å². The van der Waals surface area contributed by atoms with Crippen molar-refractivity contribution in [3.8, 4) is 5.75 Å². The normalized spacial score (nSPS) is 13.1. The van der Waals surface area contributed by atoms with Crippen LogP contribution in [0.2, 0.25) is 0 Å². The van der Waals surface area contributed by atoms with Crippen LogP contribution in [0, 0.1) is 5.92 Å². The van der Waals surface area contributed by atoms with Gasteiger partial charge in [0.2, 0.25) is 0 Å². The highest BCUT2D eigenvalue weighted by molar-refractivity contribution is 5.37. The second-order valence-electron chi connectivity index (χ2n) is 5.74. The number of methoxy groups -OCH3 is 1. The van der Waals surface area contributed by atoms with Gasteiger partial charge < -0.3 is 10.5 Å². The summed E-state index contributed by atoms with van der Waals surface area (Å²) in [6, 6.07) is 6.75. The lowest BCUT2D eigenvalue weighted by Gasteiger charge is -2.27.